The van der Waals surface area contributed by atoms with Crippen molar-refractivity contribution in [2.75, 3.05) is 25.6 Å². The van der Waals surface area contributed by atoms with E-state index in [1.54, 1.807) is 18.9 Å². The van der Waals surface area contributed by atoms with Gasteiger partial charge in [-0.1, -0.05) is 5.16 Å². The van der Waals surface area contributed by atoms with Gasteiger partial charge < -0.3 is 24.2 Å². The van der Waals surface area contributed by atoms with Crippen molar-refractivity contribution in [2.24, 2.45) is 0 Å². The highest BCUT2D eigenvalue weighted by Gasteiger charge is 2.21. The van der Waals surface area contributed by atoms with Crippen LogP contribution in [-0.2, 0) is 6.54 Å². The van der Waals surface area contributed by atoms with Gasteiger partial charge in [-0.3, -0.25) is 0 Å². The Hall–Kier alpha value is -2.70. The van der Waals surface area contributed by atoms with Crippen LogP contribution in [0.4, 0.5) is 10.5 Å². The number of benzene rings is 1. The van der Waals surface area contributed by atoms with E-state index in [2.05, 4.69) is 10.5 Å². The van der Waals surface area contributed by atoms with Crippen molar-refractivity contribution in [3.63, 3.8) is 0 Å². The fraction of sp³-hybridized carbons (Fsp3) is 0.333. The van der Waals surface area contributed by atoms with Gasteiger partial charge in [-0.15, -0.1) is 0 Å². The summed E-state index contributed by atoms with van der Waals surface area (Å²) >= 11 is 0. The minimum Gasteiger partial charge on any atom is -0.497 e. The number of hydrogen-bond acceptors (Lipinski definition) is 5. The fourth-order valence-electron chi connectivity index (χ4n) is 2.26. The Bertz CT molecular complexity index is 683. The fourth-order valence-corrected chi connectivity index (χ4v) is 2.26. The zero-order valence-corrected chi connectivity index (χ0v) is 12.5. The number of methoxy groups -OCH3 is 1. The Balaban J connectivity index is 1.75. The minimum absolute atomic E-state index is 0.210. The molecule has 0 radical (unpaired) electrons. The van der Waals surface area contributed by atoms with Gasteiger partial charge in [0, 0.05) is 11.6 Å². The molecule has 2 amide bonds. The molecular weight excluding hydrogens is 286 g/mol. The number of carbonyl (C=O) groups is 1. The topological polar surface area (TPSA) is 76.8 Å². The van der Waals surface area contributed by atoms with E-state index in [1.807, 2.05) is 18.2 Å². The van der Waals surface area contributed by atoms with Gasteiger partial charge in [-0.25, -0.2) is 4.79 Å². The summed E-state index contributed by atoms with van der Waals surface area (Å²) in [6.45, 7) is 3.16. The molecular formula is C15H17N3O4. The highest BCUT2D eigenvalue weighted by Crippen LogP contribution is 2.28. The molecule has 2 heterocycles. The zero-order chi connectivity index (χ0) is 15.5. The van der Waals surface area contributed by atoms with Gasteiger partial charge in [-0.05, 0) is 19.1 Å². The average molecular weight is 303 g/mol. The van der Waals surface area contributed by atoms with Crippen molar-refractivity contribution in [3.8, 4) is 11.5 Å². The number of nitrogens with one attached hydrogen (secondary N) is 1. The van der Waals surface area contributed by atoms with E-state index in [-0.39, 0.29) is 6.03 Å². The molecule has 7 nitrogen and oxygen atoms in total. The minimum atomic E-state index is -0.210. The van der Waals surface area contributed by atoms with Crippen molar-refractivity contribution in [2.45, 2.75) is 13.5 Å². The summed E-state index contributed by atoms with van der Waals surface area (Å²) in [5, 5.41) is 6.53. The first kappa shape index (κ1) is 14.2. The van der Waals surface area contributed by atoms with Gasteiger partial charge in [0.15, 0.2) is 0 Å². The molecule has 0 saturated heterocycles. The third-order valence-electron chi connectivity index (χ3n) is 3.53. The summed E-state index contributed by atoms with van der Waals surface area (Å²) in [5.41, 5.74) is 2.16. The number of aryl methyl sites for hydroxylation is 1. The lowest BCUT2D eigenvalue weighted by molar-refractivity contribution is 0.200. The number of fused-ring (bicyclic) bond motifs is 1. The van der Waals surface area contributed by atoms with E-state index in [4.69, 9.17) is 14.0 Å². The predicted octanol–water partition coefficient (Wildman–Crippen LogP) is 2.42. The quantitative estimate of drug-likeness (QED) is 0.922. The normalized spacial score (nSPS) is 13.8. The van der Waals surface area contributed by atoms with Crippen LogP contribution in [0, 0.1) is 6.92 Å². The third-order valence-corrected chi connectivity index (χ3v) is 3.53. The van der Waals surface area contributed by atoms with Crippen LogP contribution < -0.4 is 14.8 Å². The summed E-state index contributed by atoms with van der Waals surface area (Å²) in [7, 11) is 1.61. The molecule has 2 aromatic rings. The third kappa shape index (κ3) is 2.83. The van der Waals surface area contributed by atoms with Gasteiger partial charge in [-0.2, -0.15) is 0 Å². The van der Waals surface area contributed by atoms with Crippen LogP contribution >= 0.6 is 0 Å². The number of aromatic nitrogens is 1. The van der Waals surface area contributed by atoms with Crippen LogP contribution in [0.25, 0.3) is 0 Å². The van der Waals surface area contributed by atoms with Gasteiger partial charge in [0.2, 0.25) is 0 Å². The molecule has 0 fully saturated rings. The standard InChI is InChI=1S/C15H17N3O4/c1-10-13(9-22-17-10)16-15(19)18-5-6-21-14-7-12(20-2)4-3-11(14)8-18/h3-4,7,9H,5-6,8H2,1-2H3,(H,16,19). The summed E-state index contributed by atoms with van der Waals surface area (Å²) in [6, 6.07) is 5.39. The van der Waals surface area contributed by atoms with Crippen molar-refractivity contribution >= 4 is 11.7 Å². The maximum atomic E-state index is 12.4. The molecule has 1 aliphatic rings. The van der Waals surface area contributed by atoms with Crippen LogP contribution in [-0.4, -0.2) is 36.3 Å². The maximum absolute atomic E-state index is 12.4. The largest absolute Gasteiger partial charge is 0.497 e. The Morgan fingerprint density at radius 1 is 1.45 bits per heavy atom. The summed E-state index contributed by atoms with van der Waals surface area (Å²) in [6.07, 6.45) is 1.42. The Morgan fingerprint density at radius 2 is 2.32 bits per heavy atom. The van der Waals surface area contributed by atoms with Gasteiger partial charge in [0.1, 0.15) is 35.8 Å². The molecule has 0 spiro atoms. The smallest absolute Gasteiger partial charge is 0.322 e. The number of anilines is 1. The summed E-state index contributed by atoms with van der Waals surface area (Å²) < 4.78 is 15.7. The summed E-state index contributed by atoms with van der Waals surface area (Å²) in [5.74, 6) is 1.48. The summed E-state index contributed by atoms with van der Waals surface area (Å²) in [4.78, 5) is 14.1. The lowest BCUT2D eigenvalue weighted by Gasteiger charge is -2.20. The van der Waals surface area contributed by atoms with E-state index < -0.39 is 0 Å². The maximum Gasteiger partial charge on any atom is 0.322 e. The van der Waals surface area contributed by atoms with E-state index in [0.29, 0.717) is 31.1 Å². The molecule has 0 aliphatic carbocycles. The van der Waals surface area contributed by atoms with Crippen LogP contribution in [0.3, 0.4) is 0 Å². The van der Waals surface area contributed by atoms with Crippen LogP contribution in [0.15, 0.2) is 29.0 Å². The highest BCUT2D eigenvalue weighted by atomic mass is 16.5. The molecule has 22 heavy (non-hydrogen) atoms. The second kappa shape index (κ2) is 5.97. The average Bonchev–Trinajstić information content (AvgIpc) is 2.81. The van der Waals surface area contributed by atoms with Crippen LogP contribution in [0.2, 0.25) is 0 Å². The van der Waals surface area contributed by atoms with E-state index in [0.717, 1.165) is 17.1 Å². The first-order valence-electron chi connectivity index (χ1n) is 6.94. The van der Waals surface area contributed by atoms with Crippen LogP contribution in [0.1, 0.15) is 11.3 Å². The number of ether oxygens (including phenoxy) is 2. The first-order valence-corrected chi connectivity index (χ1v) is 6.94. The van der Waals surface area contributed by atoms with E-state index in [1.165, 1.54) is 6.26 Å². The Kier molecular flexibility index (Phi) is 3.86. The molecule has 0 saturated carbocycles. The van der Waals surface area contributed by atoms with Crippen LogP contribution in [0.5, 0.6) is 11.5 Å². The highest BCUT2D eigenvalue weighted by molar-refractivity contribution is 5.89. The SMILES string of the molecule is COc1ccc2c(c1)OCCN(C(=O)Nc1conc1C)C2. The van der Waals surface area contributed by atoms with Crippen molar-refractivity contribution in [1.82, 2.24) is 10.1 Å². The molecule has 1 aliphatic heterocycles. The first-order chi connectivity index (χ1) is 10.7. The van der Waals surface area contributed by atoms with Crippen molar-refractivity contribution < 1.29 is 18.8 Å². The lowest BCUT2D eigenvalue weighted by Crippen LogP contribution is -2.36. The molecule has 1 N–H and O–H groups in total. The monoisotopic (exact) mass is 303 g/mol. The molecule has 116 valence electrons. The van der Waals surface area contributed by atoms with E-state index in [9.17, 15) is 4.79 Å². The van der Waals surface area contributed by atoms with E-state index >= 15 is 0 Å². The second-order valence-corrected chi connectivity index (χ2v) is 4.99. The molecule has 3 rings (SSSR count). The lowest BCUT2D eigenvalue weighted by atomic mass is 10.2. The van der Waals surface area contributed by atoms with Crippen molar-refractivity contribution in [3.05, 3.63) is 35.7 Å². The molecule has 1 aromatic carbocycles. The molecule has 7 heteroatoms. The number of urea groups is 1. The van der Waals surface area contributed by atoms with Crippen molar-refractivity contribution in [1.29, 1.82) is 0 Å². The molecule has 1 aromatic heterocycles. The molecule has 0 unspecified atom stereocenters. The number of rotatable bonds is 2. The van der Waals surface area contributed by atoms with Gasteiger partial charge in [0.05, 0.1) is 20.2 Å². The number of carbonyl (C=O) groups excluding carboxylic acids is 1. The number of hydrogen-bond donors (Lipinski definition) is 1. The predicted molar refractivity (Wildman–Crippen MR) is 79.2 cm³/mol. The van der Waals surface area contributed by atoms with Gasteiger partial charge in [0.25, 0.3) is 0 Å². The molecule has 0 atom stereocenters. The second-order valence-electron chi connectivity index (χ2n) is 4.99. The Labute approximate surface area is 127 Å². The number of nitrogens with zero attached hydrogens (tertiary/aromatic N) is 2. The number of amides is 2. The zero-order valence-electron chi connectivity index (χ0n) is 12.5. The van der Waals surface area contributed by atoms with Gasteiger partial charge >= 0.3 is 6.03 Å². The Morgan fingerprint density at radius 3 is 3.05 bits per heavy atom. The molecule has 0 bridgehead atoms.